The lowest BCUT2D eigenvalue weighted by atomic mass is 10.2. The van der Waals surface area contributed by atoms with E-state index in [-0.39, 0.29) is 27.0 Å². The topological polar surface area (TPSA) is 9.23 Å². The van der Waals surface area contributed by atoms with Gasteiger partial charge in [0.2, 0.25) is 0 Å². The summed E-state index contributed by atoms with van der Waals surface area (Å²) in [6.07, 6.45) is -4.87. The average Bonchev–Trinajstić information content (AvgIpc) is 2.38. The molecule has 0 aliphatic carbocycles. The van der Waals surface area contributed by atoms with Crippen LogP contribution in [0.5, 0.6) is 11.5 Å². The van der Waals surface area contributed by atoms with Gasteiger partial charge in [0.05, 0.1) is 9.13 Å². The number of ether oxygens (including phenoxy) is 1. The molecule has 118 valence electrons. The van der Waals surface area contributed by atoms with Crippen LogP contribution >= 0.6 is 22.6 Å². The lowest BCUT2D eigenvalue weighted by Gasteiger charge is -2.13. The van der Waals surface area contributed by atoms with Crippen LogP contribution in [-0.2, 0) is 6.18 Å². The Morgan fingerprint density at radius 2 is 1.45 bits per heavy atom. The van der Waals surface area contributed by atoms with E-state index in [4.69, 9.17) is 4.74 Å². The fraction of sp³-hybridized carbons (Fsp3) is 0.143. The highest BCUT2D eigenvalue weighted by molar-refractivity contribution is 14.1. The van der Waals surface area contributed by atoms with Crippen molar-refractivity contribution in [1.29, 1.82) is 0 Å². The molecule has 0 heterocycles. The Morgan fingerprint density at radius 1 is 0.909 bits per heavy atom. The summed E-state index contributed by atoms with van der Waals surface area (Å²) in [6.45, 7) is 1.44. The molecule has 8 heteroatoms. The van der Waals surface area contributed by atoms with Crippen LogP contribution in [0, 0.1) is 27.9 Å². The number of hydrogen-bond acceptors (Lipinski definition) is 1. The molecule has 0 amide bonds. The molecular weight excluding hydrogens is 425 g/mol. The summed E-state index contributed by atoms with van der Waals surface area (Å²) in [5.41, 5.74) is -1.21. The van der Waals surface area contributed by atoms with Gasteiger partial charge in [0.15, 0.2) is 17.4 Å². The molecule has 0 saturated heterocycles. The molecule has 0 bridgehead atoms. The molecular formula is C14H7F6IO. The van der Waals surface area contributed by atoms with Crippen molar-refractivity contribution in [3.8, 4) is 11.5 Å². The Kier molecular flexibility index (Phi) is 4.59. The van der Waals surface area contributed by atoms with Crippen molar-refractivity contribution < 1.29 is 31.1 Å². The monoisotopic (exact) mass is 432 g/mol. The summed E-state index contributed by atoms with van der Waals surface area (Å²) < 4.78 is 83.2. The molecule has 0 fully saturated rings. The van der Waals surface area contributed by atoms with Crippen molar-refractivity contribution in [2.75, 3.05) is 0 Å². The van der Waals surface area contributed by atoms with Gasteiger partial charge in [-0.1, -0.05) is 0 Å². The van der Waals surface area contributed by atoms with Crippen LogP contribution in [0.3, 0.4) is 0 Å². The molecule has 0 saturated carbocycles. The molecule has 2 aromatic carbocycles. The van der Waals surface area contributed by atoms with E-state index >= 15 is 0 Å². The molecule has 0 radical (unpaired) electrons. The largest absolute Gasteiger partial charge is 0.451 e. The van der Waals surface area contributed by atoms with Gasteiger partial charge in [0, 0.05) is 0 Å². The number of benzene rings is 2. The van der Waals surface area contributed by atoms with Crippen molar-refractivity contribution in [2.45, 2.75) is 13.1 Å². The fourth-order valence-electron chi connectivity index (χ4n) is 1.67. The molecule has 2 aromatic rings. The minimum absolute atomic E-state index is 0.0524. The fourth-order valence-corrected chi connectivity index (χ4v) is 2.11. The number of aryl methyl sites for hydroxylation is 1. The van der Waals surface area contributed by atoms with Gasteiger partial charge in [-0.3, -0.25) is 0 Å². The molecule has 0 N–H and O–H groups in total. The van der Waals surface area contributed by atoms with E-state index in [1.165, 1.54) is 13.0 Å². The average molecular weight is 432 g/mol. The molecule has 0 aliphatic heterocycles. The zero-order valence-electron chi connectivity index (χ0n) is 10.9. The lowest BCUT2D eigenvalue weighted by molar-refractivity contribution is -0.138. The second-order valence-corrected chi connectivity index (χ2v) is 5.56. The number of hydrogen-bond donors (Lipinski definition) is 0. The molecule has 0 aliphatic rings. The summed E-state index contributed by atoms with van der Waals surface area (Å²) >= 11 is 1.65. The third-order valence-corrected chi connectivity index (χ3v) is 3.58. The zero-order valence-corrected chi connectivity index (χ0v) is 13.0. The van der Waals surface area contributed by atoms with Crippen LogP contribution in [0.1, 0.15) is 11.1 Å². The molecule has 0 unspecified atom stereocenters. The molecule has 0 spiro atoms. The Bertz CT molecular complexity index is 703. The third kappa shape index (κ3) is 3.47. The van der Waals surface area contributed by atoms with Gasteiger partial charge in [-0.25, -0.2) is 13.2 Å². The van der Waals surface area contributed by atoms with Crippen LogP contribution in [0.15, 0.2) is 24.3 Å². The molecule has 22 heavy (non-hydrogen) atoms. The standard InChI is InChI=1S/C14H7F6IO/c1-6-2-8(15)11(21)5-12(6)22-13-9(16)3-7(4-10(13)17)14(18,19)20/h2-5H,1H3. The first-order valence-corrected chi connectivity index (χ1v) is 6.87. The van der Waals surface area contributed by atoms with E-state index in [2.05, 4.69) is 0 Å². The van der Waals surface area contributed by atoms with Gasteiger partial charge in [-0.15, -0.1) is 0 Å². The van der Waals surface area contributed by atoms with E-state index in [0.717, 1.165) is 6.07 Å². The second-order valence-electron chi connectivity index (χ2n) is 4.40. The first-order valence-electron chi connectivity index (χ1n) is 5.79. The second kappa shape index (κ2) is 5.98. The normalized spacial score (nSPS) is 11.6. The van der Waals surface area contributed by atoms with Crippen LogP contribution < -0.4 is 4.74 Å². The van der Waals surface area contributed by atoms with Crippen LogP contribution in [0.2, 0.25) is 0 Å². The summed E-state index contributed by atoms with van der Waals surface area (Å²) in [4.78, 5) is 0. The van der Waals surface area contributed by atoms with Crippen molar-refractivity contribution >= 4 is 22.6 Å². The maximum absolute atomic E-state index is 13.7. The van der Waals surface area contributed by atoms with Crippen molar-refractivity contribution in [1.82, 2.24) is 0 Å². The summed E-state index contributed by atoms with van der Waals surface area (Å²) in [5, 5.41) is 0. The number of halogens is 7. The first-order chi connectivity index (χ1) is 10.1. The van der Waals surface area contributed by atoms with Crippen LogP contribution in [0.4, 0.5) is 26.3 Å². The van der Waals surface area contributed by atoms with Gasteiger partial charge in [-0.05, 0) is 59.3 Å². The van der Waals surface area contributed by atoms with Gasteiger partial charge in [0.25, 0.3) is 0 Å². The Labute approximate surface area is 135 Å². The minimum Gasteiger partial charge on any atom is -0.451 e. The lowest BCUT2D eigenvalue weighted by Crippen LogP contribution is -2.07. The summed E-state index contributed by atoms with van der Waals surface area (Å²) in [7, 11) is 0. The maximum atomic E-state index is 13.7. The third-order valence-electron chi connectivity index (χ3n) is 2.76. The number of rotatable bonds is 2. The van der Waals surface area contributed by atoms with E-state index in [0.29, 0.717) is 0 Å². The highest BCUT2D eigenvalue weighted by atomic mass is 127. The Balaban J connectivity index is 2.45. The van der Waals surface area contributed by atoms with E-state index in [9.17, 15) is 26.3 Å². The van der Waals surface area contributed by atoms with Gasteiger partial charge in [0.1, 0.15) is 11.6 Å². The van der Waals surface area contributed by atoms with Gasteiger partial charge < -0.3 is 4.74 Å². The van der Waals surface area contributed by atoms with Gasteiger partial charge in [-0.2, -0.15) is 13.2 Å². The van der Waals surface area contributed by atoms with Crippen molar-refractivity contribution in [2.24, 2.45) is 0 Å². The van der Waals surface area contributed by atoms with Crippen molar-refractivity contribution in [3.05, 3.63) is 56.4 Å². The van der Waals surface area contributed by atoms with Gasteiger partial charge >= 0.3 is 6.18 Å². The minimum atomic E-state index is -4.87. The summed E-state index contributed by atoms with van der Waals surface area (Å²) in [6, 6.07) is 2.57. The predicted molar refractivity (Wildman–Crippen MR) is 75.3 cm³/mol. The van der Waals surface area contributed by atoms with Crippen LogP contribution in [0.25, 0.3) is 0 Å². The molecule has 0 aromatic heterocycles. The van der Waals surface area contributed by atoms with E-state index in [1.54, 1.807) is 22.6 Å². The Hall–Kier alpha value is -1.45. The zero-order chi connectivity index (χ0) is 16.7. The first kappa shape index (κ1) is 16.9. The highest BCUT2D eigenvalue weighted by Gasteiger charge is 2.33. The SMILES string of the molecule is Cc1cc(F)c(I)cc1Oc1c(F)cc(C(F)(F)F)cc1F. The smallest absolute Gasteiger partial charge is 0.416 e. The van der Waals surface area contributed by atoms with Crippen molar-refractivity contribution in [3.63, 3.8) is 0 Å². The molecule has 0 atom stereocenters. The maximum Gasteiger partial charge on any atom is 0.416 e. The molecule has 2 rings (SSSR count). The quantitative estimate of drug-likeness (QED) is 0.429. The summed E-state index contributed by atoms with van der Waals surface area (Å²) in [5.74, 6) is -4.56. The Morgan fingerprint density at radius 3 is 1.95 bits per heavy atom. The van der Waals surface area contributed by atoms with E-state index < -0.39 is 34.9 Å². The highest BCUT2D eigenvalue weighted by Crippen LogP contribution is 2.36. The number of alkyl halides is 3. The molecule has 1 nitrogen and oxygen atoms in total. The predicted octanol–water partition coefficient (Wildman–Crippen LogP) is 5.83. The van der Waals surface area contributed by atoms with E-state index in [1.807, 2.05) is 0 Å². The van der Waals surface area contributed by atoms with Crippen LogP contribution in [-0.4, -0.2) is 0 Å².